The summed E-state index contributed by atoms with van der Waals surface area (Å²) in [7, 11) is 0. The van der Waals surface area contributed by atoms with E-state index in [1.807, 2.05) is 6.92 Å². The molecule has 0 bridgehead atoms. The molecule has 12 heavy (non-hydrogen) atoms. The van der Waals surface area contributed by atoms with E-state index in [4.69, 9.17) is 0 Å². The fraction of sp³-hybridized carbons (Fsp3) is 1.00. The zero-order chi connectivity index (χ0) is 9.61. The van der Waals surface area contributed by atoms with Crippen LogP contribution in [0.5, 0.6) is 0 Å². The maximum absolute atomic E-state index is 11.6. The van der Waals surface area contributed by atoms with E-state index in [0.29, 0.717) is 5.75 Å². The molecule has 0 aromatic heterocycles. The third kappa shape index (κ3) is 6.79. The van der Waals surface area contributed by atoms with E-state index in [1.54, 1.807) is 0 Å². The summed E-state index contributed by atoms with van der Waals surface area (Å²) in [5.41, 5.74) is 0. The summed E-state index contributed by atoms with van der Waals surface area (Å²) >= 11 is 3.98. The van der Waals surface area contributed by atoms with Crippen LogP contribution in [0, 0.1) is 5.92 Å². The van der Waals surface area contributed by atoms with Gasteiger partial charge in [0.25, 0.3) is 0 Å². The Labute approximate surface area is 75.7 Å². The zero-order valence-electron chi connectivity index (χ0n) is 6.90. The second-order valence-corrected chi connectivity index (χ2v) is 2.95. The largest absolute Gasteiger partial charge is 0.411 e. The van der Waals surface area contributed by atoms with Crippen molar-refractivity contribution in [3.05, 3.63) is 0 Å². The van der Waals surface area contributed by atoms with Crippen molar-refractivity contribution in [2.75, 3.05) is 19.0 Å². The van der Waals surface area contributed by atoms with Crippen LogP contribution in [0.25, 0.3) is 0 Å². The Bertz CT molecular complexity index is 112. The molecule has 0 rings (SSSR count). The number of ether oxygens (including phenoxy) is 1. The van der Waals surface area contributed by atoms with E-state index in [1.165, 1.54) is 0 Å². The van der Waals surface area contributed by atoms with Crippen LogP contribution in [0.1, 0.15) is 13.3 Å². The van der Waals surface area contributed by atoms with Gasteiger partial charge < -0.3 is 4.74 Å². The average Bonchev–Trinajstić information content (AvgIpc) is 1.96. The highest BCUT2D eigenvalue weighted by Crippen LogP contribution is 2.15. The lowest BCUT2D eigenvalue weighted by molar-refractivity contribution is -0.176. The maximum Gasteiger partial charge on any atom is 0.411 e. The minimum absolute atomic E-state index is 0.121. The van der Waals surface area contributed by atoms with Crippen molar-refractivity contribution in [3.63, 3.8) is 0 Å². The van der Waals surface area contributed by atoms with Gasteiger partial charge in [0.2, 0.25) is 0 Å². The normalized spacial score (nSPS) is 14.8. The molecular weight excluding hydrogens is 189 g/mol. The molecule has 0 fully saturated rings. The number of thiol groups is 1. The van der Waals surface area contributed by atoms with E-state index in [-0.39, 0.29) is 12.5 Å². The van der Waals surface area contributed by atoms with Crippen LogP contribution in [0.3, 0.4) is 0 Å². The highest BCUT2D eigenvalue weighted by atomic mass is 32.1. The van der Waals surface area contributed by atoms with Crippen LogP contribution in [0.4, 0.5) is 13.2 Å². The van der Waals surface area contributed by atoms with Crippen LogP contribution in [0.15, 0.2) is 0 Å². The van der Waals surface area contributed by atoms with Gasteiger partial charge >= 0.3 is 6.18 Å². The molecular formula is C7H13F3OS. The van der Waals surface area contributed by atoms with E-state index < -0.39 is 12.8 Å². The van der Waals surface area contributed by atoms with Gasteiger partial charge in [-0.1, -0.05) is 13.3 Å². The second kappa shape index (κ2) is 5.70. The Morgan fingerprint density at radius 1 is 1.42 bits per heavy atom. The van der Waals surface area contributed by atoms with Crippen LogP contribution >= 0.6 is 12.6 Å². The molecule has 0 radical (unpaired) electrons. The lowest BCUT2D eigenvalue weighted by atomic mass is 10.1. The highest BCUT2D eigenvalue weighted by molar-refractivity contribution is 7.80. The molecule has 0 heterocycles. The Kier molecular flexibility index (Phi) is 5.74. The Balaban J connectivity index is 3.41. The molecule has 0 saturated carbocycles. The molecule has 1 nitrogen and oxygen atoms in total. The molecule has 0 aromatic rings. The molecule has 0 saturated heterocycles. The first-order valence-electron chi connectivity index (χ1n) is 3.75. The van der Waals surface area contributed by atoms with Crippen LogP contribution in [0.2, 0.25) is 0 Å². The van der Waals surface area contributed by atoms with Gasteiger partial charge in [-0.25, -0.2) is 0 Å². The van der Waals surface area contributed by atoms with E-state index >= 15 is 0 Å². The molecule has 1 atom stereocenters. The predicted octanol–water partition coefficient (Wildman–Crippen LogP) is 2.52. The number of hydrogen-bond donors (Lipinski definition) is 1. The summed E-state index contributed by atoms with van der Waals surface area (Å²) in [5.74, 6) is 0.685. The van der Waals surface area contributed by atoms with Crippen molar-refractivity contribution in [1.82, 2.24) is 0 Å². The van der Waals surface area contributed by atoms with Crippen molar-refractivity contribution in [1.29, 1.82) is 0 Å². The first-order valence-corrected chi connectivity index (χ1v) is 4.38. The molecule has 0 aliphatic rings. The lowest BCUT2D eigenvalue weighted by Crippen LogP contribution is -2.20. The number of halogens is 3. The Hall–Kier alpha value is 0.100. The van der Waals surface area contributed by atoms with E-state index in [0.717, 1.165) is 6.42 Å². The van der Waals surface area contributed by atoms with Gasteiger partial charge in [0.1, 0.15) is 6.61 Å². The summed E-state index contributed by atoms with van der Waals surface area (Å²) in [6, 6.07) is 0. The average molecular weight is 202 g/mol. The Morgan fingerprint density at radius 2 is 2.00 bits per heavy atom. The van der Waals surface area contributed by atoms with Crippen LogP contribution < -0.4 is 0 Å². The van der Waals surface area contributed by atoms with Gasteiger partial charge in [-0.15, -0.1) is 0 Å². The van der Waals surface area contributed by atoms with Gasteiger partial charge in [-0.2, -0.15) is 25.8 Å². The predicted molar refractivity (Wildman–Crippen MR) is 44.5 cm³/mol. The van der Waals surface area contributed by atoms with Crippen molar-refractivity contribution >= 4 is 12.6 Å². The van der Waals surface area contributed by atoms with E-state index in [2.05, 4.69) is 17.4 Å². The van der Waals surface area contributed by atoms with Gasteiger partial charge in [0, 0.05) is 0 Å². The zero-order valence-corrected chi connectivity index (χ0v) is 7.79. The third-order valence-corrected chi connectivity index (χ3v) is 1.97. The number of alkyl halides is 3. The van der Waals surface area contributed by atoms with Gasteiger partial charge in [-0.05, 0) is 11.7 Å². The minimum atomic E-state index is -4.21. The van der Waals surface area contributed by atoms with Crippen LogP contribution in [-0.2, 0) is 4.74 Å². The molecule has 74 valence electrons. The topological polar surface area (TPSA) is 9.23 Å². The monoisotopic (exact) mass is 202 g/mol. The quantitative estimate of drug-likeness (QED) is 0.674. The first kappa shape index (κ1) is 12.1. The maximum atomic E-state index is 11.6. The second-order valence-electron chi connectivity index (χ2n) is 2.59. The van der Waals surface area contributed by atoms with Crippen molar-refractivity contribution < 1.29 is 17.9 Å². The summed E-state index contributed by atoms with van der Waals surface area (Å²) in [6.45, 7) is 0.884. The van der Waals surface area contributed by atoms with Gasteiger partial charge in [0.05, 0.1) is 6.61 Å². The van der Waals surface area contributed by atoms with Crippen molar-refractivity contribution in [3.8, 4) is 0 Å². The summed E-state index contributed by atoms with van der Waals surface area (Å²) < 4.78 is 39.2. The molecule has 0 aromatic carbocycles. The van der Waals surface area contributed by atoms with Crippen LogP contribution in [-0.4, -0.2) is 25.1 Å². The fourth-order valence-electron chi connectivity index (χ4n) is 0.641. The summed E-state index contributed by atoms with van der Waals surface area (Å²) in [5, 5.41) is 0. The van der Waals surface area contributed by atoms with E-state index in [9.17, 15) is 13.2 Å². The molecule has 1 unspecified atom stereocenters. The summed E-state index contributed by atoms with van der Waals surface area (Å²) in [4.78, 5) is 0. The third-order valence-electron chi connectivity index (χ3n) is 1.45. The SMILES string of the molecule is CCC(CS)COCC(F)(F)F. The highest BCUT2D eigenvalue weighted by Gasteiger charge is 2.27. The first-order chi connectivity index (χ1) is 5.49. The smallest absolute Gasteiger partial charge is 0.372 e. The van der Waals surface area contributed by atoms with Gasteiger partial charge in [-0.3, -0.25) is 0 Å². The molecule has 0 aliphatic heterocycles. The number of rotatable bonds is 5. The minimum Gasteiger partial charge on any atom is -0.372 e. The van der Waals surface area contributed by atoms with Crippen molar-refractivity contribution in [2.24, 2.45) is 5.92 Å². The summed E-state index contributed by atoms with van der Waals surface area (Å²) in [6.07, 6.45) is -3.42. The molecule has 0 amide bonds. The number of hydrogen-bond acceptors (Lipinski definition) is 2. The standard InChI is InChI=1S/C7H13F3OS/c1-2-6(4-12)3-11-5-7(8,9)10/h6,12H,2-5H2,1H3. The lowest BCUT2D eigenvalue weighted by Gasteiger charge is -2.13. The Morgan fingerprint density at radius 3 is 2.33 bits per heavy atom. The molecule has 0 N–H and O–H groups in total. The fourth-order valence-corrected chi connectivity index (χ4v) is 1.00. The van der Waals surface area contributed by atoms with Gasteiger partial charge in [0.15, 0.2) is 0 Å². The molecule has 5 heteroatoms. The molecule has 0 spiro atoms. The molecule has 0 aliphatic carbocycles. The van der Waals surface area contributed by atoms with Crippen molar-refractivity contribution in [2.45, 2.75) is 19.5 Å².